The van der Waals surface area contributed by atoms with Crippen LogP contribution in [0.1, 0.15) is 44.0 Å². The Kier molecular flexibility index (Phi) is 6.16. The van der Waals surface area contributed by atoms with Crippen molar-refractivity contribution >= 4 is 17.5 Å². The summed E-state index contributed by atoms with van der Waals surface area (Å²) < 4.78 is 0. The molecule has 0 aliphatic carbocycles. The number of Topliss-reactive ketones (excluding diaryl/α,β-unsaturated/α-hetero) is 1. The molecule has 1 fully saturated rings. The van der Waals surface area contributed by atoms with Crippen LogP contribution in [-0.2, 0) is 0 Å². The van der Waals surface area contributed by atoms with E-state index in [-0.39, 0.29) is 11.8 Å². The Hall–Kier alpha value is -1.88. The van der Waals surface area contributed by atoms with E-state index in [1.807, 2.05) is 0 Å². The predicted molar refractivity (Wildman–Crippen MR) is 92.9 cm³/mol. The molecule has 2 rings (SSSR count). The second kappa shape index (κ2) is 8.11. The van der Waals surface area contributed by atoms with Gasteiger partial charge in [-0.15, -0.1) is 0 Å². The number of hydrogen-bond acceptors (Lipinski definition) is 3. The first-order valence-corrected chi connectivity index (χ1v) is 8.35. The number of ketones is 1. The second-order valence-electron chi connectivity index (χ2n) is 6.57. The summed E-state index contributed by atoms with van der Waals surface area (Å²) in [4.78, 5) is 25.7. The second-order valence-corrected chi connectivity index (χ2v) is 6.57. The highest BCUT2D eigenvalue weighted by Crippen LogP contribution is 2.17. The Morgan fingerprint density at radius 3 is 2.57 bits per heavy atom. The number of likely N-dealkylation sites (tertiary alicyclic amines) is 1. The summed E-state index contributed by atoms with van der Waals surface area (Å²) in [7, 11) is 0. The zero-order valence-corrected chi connectivity index (χ0v) is 14.3. The summed E-state index contributed by atoms with van der Waals surface area (Å²) in [6.45, 7) is 8.86. The van der Waals surface area contributed by atoms with Crippen LogP contribution in [0.4, 0.5) is 10.5 Å². The molecule has 126 valence electrons. The third kappa shape index (κ3) is 5.36. The fraction of sp³-hybridized carbons (Fsp3) is 0.556. The van der Waals surface area contributed by atoms with Gasteiger partial charge in [0.25, 0.3) is 0 Å². The minimum Gasteiger partial charge on any atom is -0.338 e. The average Bonchev–Trinajstić information content (AvgIpc) is 2.53. The zero-order chi connectivity index (χ0) is 16.8. The standard InChI is InChI=1S/C18H27N3O2/c1-13(2)21-10-4-5-15(12-21)11-19-18(23)20-17-8-6-16(7-9-17)14(3)22/h6-9,13,15H,4-5,10-12H2,1-3H3,(H2,19,20,23)/t15-/m1/s1. The highest BCUT2D eigenvalue weighted by Gasteiger charge is 2.21. The van der Waals surface area contributed by atoms with E-state index >= 15 is 0 Å². The van der Waals surface area contributed by atoms with Crippen molar-refractivity contribution in [3.05, 3.63) is 29.8 Å². The van der Waals surface area contributed by atoms with Gasteiger partial charge in [0, 0.05) is 30.4 Å². The number of amides is 2. The monoisotopic (exact) mass is 317 g/mol. The number of carbonyl (C=O) groups excluding carboxylic acids is 2. The van der Waals surface area contributed by atoms with Crippen molar-refractivity contribution in [1.29, 1.82) is 0 Å². The molecule has 1 aliphatic rings. The van der Waals surface area contributed by atoms with Gasteiger partial charge in [0.1, 0.15) is 0 Å². The number of hydrogen-bond donors (Lipinski definition) is 2. The maximum Gasteiger partial charge on any atom is 0.319 e. The minimum absolute atomic E-state index is 0.0213. The molecular weight excluding hydrogens is 290 g/mol. The van der Waals surface area contributed by atoms with Crippen molar-refractivity contribution in [1.82, 2.24) is 10.2 Å². The lowest BCUT2D eigenvalue weighted by Gasteiger charge is -2.35. The Labute approximate surface area is 138 Å². The molecule has 0 radical (unpaired) electrons. The van der Waals surface area contributed by atoms with E-state index < -0.39 is 0 Å². The number of rotatable bonds is 5. The van der Waals surface area contributed by atoms with Gasteiger partial charge in [0.2, 0.25) is 0 Å². The van der Waals surface area contributed by atoms with Crippen molar-refractivity contribution in [3.63, 3.8) is 0 Å². The van der Waals surface area contributed by atoms with E-state index in [1.165, 1.54) is 13.3 Å². The molecule has 0 unspecified atom stereocenters. The topological polar surface area (TPSA) is 61.4 Å². The summed E-state index contributed by atoms with van der Waals surface area (Å²) in [5, 5.41) is 5.76. The van der Waals surface area contributed by atoms with Crippen LogP contribution < -0.4 is 10.6 Å². The van der Waals surface area contributed by atoms with E-state index in [1.54, 1.807) is 24.3 Å². The maximum absolute atomic E-state index is 12.0. The smallest absolute Gasteiger partial charge is 0.319 e. The molecule has 2 amide bonds. The van der Waals surface area contributed by atoms with E-state index in [0.29, 0.717) is 29.8 Å². The number of benzene rings is 1. The van der Waals surface area contributed by atoms with E-state index in [0.717, 1.165) is 19.5 Å². The van der Waals surface area contributed by atoms with Crippen LogP contribution in [0.2, 0.25) is 0 Å². The average molecular weight is 317 g/mol. The molecule has 1 heterocycles. The number of nitrogens with one attached hydrogen (secondary N) is 2. The predicted octanol–water partition coefficient (Wildman–Crippen LogP) is 3.13. The van der Waals surface area contributed by atoms with Gasteiger partial charge in [-0.25, -0.2) is 4.79 Å². The molecule has 5 heteroatoms. The quantitative estimate of drug-likeness (QED) is 0.820. The van der Waals surface area contributed by atoms with E-state index in [4.69, 9.17) is 0 Å². The Balaban J connectivity index is 1.77. The van der Waals surface area contributed by atoms with Gasteiger partial charge in [-0.05, 0) is 70.3 Å². The molecule has 0 aromatic heterocycles. The SMILES string of the molecule is CC(=O)c1ccc(NC(=O)NC[C@H]2CCCN(C(C)C)C2)cc1. The van der Waals surface area contributed by atoms with Gasteiger partial charge in [-0.2, -0.15) is 0 Å². The molecular formula is C18H27N3O2. The molecule has 0 spiro atoms. The normalized spacial score (nSPS) is 18.7. The third-order valence-electron chi connectivity index (χ3n) is 4.38. The summed E-state index contributed by atoms with van der Waals surface area (Å²) in [6, 6.07) is 7.31. The largest absolute Gasteiger partial charge is 0.338 e. The number of nitrogens with zero attached hydrogens (tertiary/aromatic N) is 1. The van der Waals surface area contributed by atoms with Crippen LogP contribution in [0.15, 0.2) is 24.3 Å². The van der Waals surface area contributed by atoms with Crippen molar-refractivity contribution in [2.24, 2.45) is 5.92 Å². The molecule has 1 aromatic carbocycles. The fourth-order valence-electron chi connectivity index (χ4n) is 2.93. The van der Waals surface area contributed by atoms with Gasteiger partial charge >= 0.3 is 6.03 Å². The molecule has 1 aliphatic heterocycles. The number of urea groups is 1. The molecule has 1 aromatic rings. The number of carbonyl (C=O) groups is 2. The first kappa shape index (κ1) is 17.5. The van der Waals surface area contributed by atoms with Gasteiger partial charge in [-0.1, -0.05) is 0 Å². The summed E-state index contributed by atoms with van der Waals surface area (Å²) in [6.07, 6.45) is 2.36. The van der Waals surface area contributed by atoms with Crippen molar-refractivity contribution in [2.75, 3.05) is 25.0 Å². The summed E-state index contributed by atoms with van der Waals surface area (Å²) >= 11 is 0. The number of piperidine rings is 1. The molecule has 0 saturated carbocycles. The maximum atomic E-state index is 12.0. The molecule has 2 N–H and O–H groups in total. The number of anilines is 1. The van der Waals surface area contributed by atoms with Crippen LogP contribution in [0.5, 0.6) is 0 Å². The fourth-order valence-corrected chi connectivity index (χ4v) is 2.93. The lowest BCUT2D eigenvalue weighted by molar-refractivity contribution is 0.101. The lowest BCUT2D eigenvalue weighted by atomic mass is 9.97. The van der Waals surface area contributed by atoms with Gasteiger partial charge in [-0.3, -0.25) is 4.79 Å². The van der Waals surface area contributed by atoms with Gasteiger partial charge in [0.05, 0.1) is 0 Å². The van der Waals surface area contributed by atoms with Crippen molar-refractivity contribution in [3.8, 4) is 0 Å². The highest BCUT2D eigenvalue weighted by molar-refractivity contribution is 5.95. The van der Waals surface area contributed by atoms with Crippen LogP contribution in [0.3, 0.4) is 0 Å². The first-order chi connectivity index (χ1) is 11.0. The van der Waals surface area contributed by atoms with Crippen LogP contribution in [-0.4, -0.2) is 42.4 Å². The molecule has 1 atom stereocenters. The van der Waals surface area contributed by atoms with Gasteiger partial charge < -0.3 is 15.5 Å². The summed E-state index contributed by atoms with van der Waals surface area (Å²) in [5.41, 5.74) is 1.34. The van der Waals surface area contributed by atoms with Crippen LogP contribution in [0.25, 0.3) is 0 Å². The first-order valence-electron chi connectivity index (χ1n) is 8.35. The summed E-state index contributed by atoms with van der Waals surface area (Å²) in [5.74, 6) is 0.532. The Morgan fingerprint density at radius 1 is 1.26 bits per heavy atom. The van der Waals surface area contributed by atoms with E-state index in [2.05, 4.69) is 29.4 Å². The van der Waals surface area contributed by atoms with Crippen LogP contribution in [0, 0.1) is 5.92 Å². The van der Waals surface area contributed by atoms with E-state index in [9.17, 15) is 9.59 Å². The minimum atomic E-state index is -0.192. The van der Waals surface area contributed by atoms with Crippen LogP contribution >= 0.6 is 0 Å². The Bertz CT molecular complexity index is 540. The lowest BCUT2D eigenvalue weighted by Crippen LogP contribution is -2.44. The van der Waals surface area contributed by atoms with Gasteiger partial charge in [0.15, 0.2) is 5.78 Å². The molecule has 5 nitrogen and oxygen atoms in total. The van der Waals surface area contributed by atoms with Crippen molar-refractivity contribution in [2.45, 2.75) is 39.7 Å². The molecule has 23 heavy (non-hydrogen) atoms. The molecule has 1 saturated heterocycles. The van der Waals surface area contributed by atoms with Crippen molar-refractivity contribution < 1.29 is 9.59 Å². The highest BCUT2D eigenvalue weighted by atomic mass is 16.2. The molecule has 0 bridgehead atoms. The Morgan fingerprint density at radius 2 is 1.96 bits per heavy atom. The third-order valence-corrected chi connectivity index (χ3v) is 4.38. The zero-order valence-electron chi connectivity index (χ0n) is 14.3.